The van der Waals surface area contributed by atoms with E-state index in [1.807, 2.05) is 30.3 Å². The molecule has 0 aliphatic heterocycles. The van der Waals surface area contributed by atoms with Gasteiger partial charge in [0.1, 0.15) is 11.6 Å². The highest BCUT2D eigenvalue weighted by molar-refractivity contribution is 5.80. The molecule has 0 aliphatic carbocycles. The molecule has 0 amide bonds. The fourth-order valence-electron chi connectivity index (χ4n) is 3.55. The second-order valence-corrected chi connectivity index (χ2v) is 7.03. The van der Waals surface area contributed by atoms with Crippen LogP contribution >= 0.6 is 0 Å². The summed E-state index contributed by atoms with van der Waals surface area (Å²) in [6.45, 7) is 3.14. The van der Waals surface area contributed by atoms with Crippen LogP contribution in [0.1, 0.15) is 58.3 Å². The minimum absolute atomic E-state index is 0.208. The quantitative estimate of drug-likeness (QED) is 0.360. The zero-order valence-corrected chi connectivity index (χ0v) is 15.8. The summed E-state index contributed by atoms with van der Waals surface area (Å²) in [6.07, 6.45) is 10.3. The summed E-state index contributed by atoms with van der Waals surface area (Å²) in [5.74, 6) is 0.534. The standard InChI is InChI=1S/C23H29FN2/c1-2-3-4-5-6-7-8-13-18-26-22-17-12-11-16-21(22)25-23(26)19-14-9-10-15-20(19)24/h9-12,14-17H,2-8,13,18H2,1H3. The van der Waals surface area contributed by atoms with E-state index in [9.17, 15) is 4.39 Å². The number of para-hydroxylation sites is 2. The highest BCUT2D eigenvalue weighted by atomic mass is 19.1. The first kappa shape index (κ1) is 18.6. The largest absolute Gasteiger partial charge is 0.324 e. The maximum Gasteiger partial charge on any atom is 0.144 e. The first-order valence-corrected chi connectivity index (χ1v) is 10.0. The lowest BCUT2D eigenvalue weighted by Crippen LogP contribution is -2.02. The maximum absolute atomic E-state index is 14.3. The van der Waals surface area contributed by atoms with Crippen LogP contribution in [0.2, 0.25) is 0 Å². The normalized spacial score (nSPS) is 11.3. The molecule has 0 N–H and O–H groups in total. The lowest BCUT2D eigenvalue weighted by atomic mass is 10.1. The molecule has 0 atom stereocenters. The summed E-state index contributed by atoms with van der Waals surface area (Å²) < 4.78 is 16.5. The Hall–Kier alpha value is -2.16. The molecule has 0 unspecified atom stereocenters. The third-order valence-corrected chi connectivity index (χ3v) is 5.00. The third-order valence-electron chi connectivity index (χ3n) is 5.00. The van der Waals surface area contributed by atoms with Gasteiger partial charge in [-0.3, -0.25) is 0 Å². The summed E-state index contributed by atoms with van der Waals surface area (Å²) >= 11 is 0. The van der Waals surface area contributed by atoms with Gasteiger partial charge in [0.25, 0.3) is 0 Å². The molecule has 0 bridgehead atoms. The van der Waals surface area contributed by atoms with Gasteiger partial charge >= 0.3 is 0 Å². The Bertz CT molecular complexity index is 822. The maximum atomic E-state index is 14.3. The summed E-state index contributed by atoms with van der Waals surface area (Å²) in [6, 6.07) is 15.0. The molecule has 0 saturated heterocycles. The van der Waals surface area contributed by atoms with Gasteiger partial charge in [-0.1, -0.05) is 76.1 Å². The first-order chi connectivity index (χ1) is 12.8. The van der Waals surface area contributed by atoms with Crippen molar-refractivity contribution in [3.8, 4) is 11.4 Å². The van der Waals surface area contributed by atoms with Crippen molar-refractivity contribution in [2.45, 2.75) is 64.8 Å². The molecular weight excluding hydrogens is 323 g/mol. The molecule has 3 rings (SSSR count). The van der Waals surface area contributed by atoms with Crippen molar-refractivity contribution in [1.82, 2.24) is 9.55 Å². The Balaban J connectivity index is 1.69. The molecule has 0 radical (unpaired) electrons. The van der Waals surface area contributed by atoms with Crippen LogP contribution in [0.3, 0.4) is 0 Å². The van der Waals surface area contributed by atoms with E-state index >= 15 is 0 Å². The van der Waals surface area contributed by atoms with Gasteiger partial charge in [-0.15, -0.1) is 0 Å². The van der Waals surface area contributed by atoms with Crippen molar-refractivity contribution >= 4 is 11.0 Å². The van der Waals surface area contributed by atoms with Crippen LogP contribution in [-0.4, -0.2) is 9.55 Å². The molecule has 1 heterocycles. The van der Waals surface area contributed by atoms with E-state index in [4.69, 9.17) is 4.98 Å². The van der Waals surface area contributed by atoms with Crippen molar-refractivity contribution < 1.29 is 4.39 Å². The summed E-state index contributed by atoms with van der Waals surface area (Å²) in [5, 5.41) is 0. The van der Waals surface area contributed by atoms with Crippen molar-refractivity contribution in [2.75, 3.05) is 0 Å². The number of nitrogens with zero attached hydrogens (tertiary/aromatic N) is 2. The van der Waals surface area contributed by atoms with E-state index in [0.717, 1.165) is 29.8 Å². The highest BCUT2D eigenvalue weighted by Crippen LogP contribution is 2.27. The predicted molar refractivity (Wildman–Crippen MR) is 108 cm³/mol. The Kier molecular flexibility index (Phi) is 6.82. The van der Waals surface area contributed by atoms with Crippen molar-refractivity contribution in [3.05, 3.63) is 54.3 Å². The molecule has 3 heteroatoms. The van der Waals surface area contributed by atoms with E-state index in [1.165, 1.54) is 51.0 Å². The molecule has 0 fully saturated rings. The van der Waals surface area contributed by atoms with Gasteiger partial charge in [-0.05, 0) is 30.7 Å². The molecule has 0 spiro atoms. The number of fused-ring (bicyclic) bond motifs is 1. The topological polar surface area (TPSA) is 17.8 Å². The Labute approximate surface area is 156 Å². The van der Waals surface area contributed by atoms with Gasteiger partial charge in [0.2, 0.25) is 0 Å². The molecule has 2 nitrogen and oxygen atoms in total. The minimum atomic E-state index is -0.208. The molecule has 2 aromatic carbocycles. The monoisotopic (exact) mass is 352 g/mol. The van der Waals surface area contributed by atoms with Crippen LogP contribution in [0.25, 0.3) is 22.4 Å². The van der Waals surface area contributed by atoms with Gasteiger partial charge in [0.15, 0.2) is 0 Å². The average Bonchev–Trinajstić information content (AvgIpc) is 3.03. The zero-order valence-electron chi connectivity index (χ0n) is 15.8. The number of unbranched alkanes of at least 4 members (excludes halogenated alkanes) is 7. The summed E-state index contributed by atoms with van der Waals surface area (Å²) in [7, 11) is 0. The van der Waals surface area contributed by atoms with E-state index in [-0.39, 0.29) is 5.82 Å². The van der Waals surface area contributed by atoms with Gasteiger partial charge in [-0.2, -0.15) is 0 Å². The zero-order chi connectivity index (χ0) is 18.2. The Morgan fingerprint density at radius 1 is 0.808 bits per heavy atom. The van der Waals surface area contributed by atoms with Crippen molar-refractivity contribution in [3.63, 3.8) is 0 Å². The average molecular weight is 352 g/mol. The number of aromatic nitrogens is 2. The Morgan fingerprint density at radius 2 is 1.46 bits per heavy atom. The number of imidazole rings is 1. The number of hydrogen-bond acceptors (Lipinski definition) is 1. The van der Waals surface area contributed by atoms with Gasteiger partial charge < -0.3 is 4.57 Å². The van der Waals surface area contributed by atoms with Crippen molar-refractivity contribution in [1.29, 1.82) is 0 Å². The third kappa shape index (κ3) is 4.51. The molecule has 3 aromatic rings. The van der Waals surface area contributed by atoms with Crippen LogP contribution in [-0.2, 0) is 6.54 Å². The van der Waals surface area contributed by atoms with Gasteiger partial charge in [-0.25, -0.2) is 9.37 Å². The van der Waals surface area contributed by atoms with E-state index in [2.05, 4.69) is 17.6 Å². The van der Waals surface area contributed by atoms with Gasteiger partial charge in [0, 0.05) is 6.54 Å². The number of benzene rings is 2. The van der Waals surface area contributed by atoms with Crippen molar-refractivity contribution in [2.24, 2.45) is 0 Å². The fraction of sp³-hybridized carbons (Fsp3) is 0.435. The second-order valence-electron chi connectivity index (χ2n) is 7.03. The van der Waals surface area contributed by atoms with Crippen LogP contribution < -0.4 is 0 Å². The Morgan fingerprint density at radius 3 is 2.23 bits per heavy atom. The molecule has 138 valence electrons. The highest BCUT2D eigenvalue weighted by Gasteiger charge is 2.14. The molecule has 26 heavy (non-hydrogen) atoms. The van der Waals surface area contributed by atoms with Crippen LogP contribution in [0.5, 0.6) is 0 Å². The number of hydrogen-bond donors (Lipinski definition) is 0. The van der Waals surface area contributed by atoms with Crippen LogP contribution in [0.15, 0.2) is 48.5 Å². The van der Waals surface area contributed by atoms with Gasteiger partial charge in [0.05, 0.1) is 16.6 Å². The smallest absolute Gasteiger partial charge is 0.144 e. The lowest BCUT2D eigenvalue weighted by Gasteiger charge is -2.10. The fourth-order valence-corrected chi connectivity index (χ4v) is 3.55. The first-order valence-electron chi connectivity index (χ1n) is 10.0. The molecule has 1 aromatic heterocycles. The number of halogens is 1. The minimum Gasteiger partial charge on any atom is -0.324 e. The molecule has 0 saturated carbocycles. The van der Waals surface area contributed by atoms with Crippen LogP contribution in [0.4, 0.5) is 4.39 Å². The summed E-state index contributed by atoms with van der Waals surface area (Å²) in [4.78, 5) is 4.72. The predicted octanol–water partition coefficient (Wildman–Crippen LogP) is 6.98. The number of aryl methyl sites for hydroxylation is 1. The van der Waals surface area contributed by atoms with E-state index in [1.54, 1.807) is 6.07 Å². The van der Waals surface area contributed by atoms with E-state index in [0.29, 0.717) is 5.56 Å². The number of rotatable bonds is 10. The van der Waals surface area contributed by atoms with E-state index < -0.39 is 0 Å². The lowest BCUT2D eigenvalue weighted by molar-refractivity contribution is 0.548. The molecule has 0 aliphatic rings. The summed E-state index contributed by atoms with van der Waals surface area (Å²) in [5.41, 5.74) is 2.61. The SMILES string of the molecule is CCCCCCCCCCn1c(-c2ccccc2F)nc2ccccc21. The second kappa shape index (κ2) is 9.51. The van der Waals surface area contributed by atoms with Crippen LogP contribution in [0, 0.1) is 5.82 Å². The molecular formula is C23H29FN2.